The van der Waals surface area contributed by atoms with Crippen LogP contribution in [0.2, 0.25) is 0 Å². The normalized spacial score (nSPS) is 26.2. The van der Waals surface area contributed by atoms with Gasteiger partial charge in [-0.3, -0.25) is 0 Å². The number of nitrogens with zero attached hydrogens (tertiary/aromatic N) is 4. The van der Waals surface area contributed by atoms with E-state index in [1.807, 2.05) is 7.05 Å². The summed E-state index contributed by atoms with van der Waals surface area (Å²) in [5.41, 5.74) is -0.445. The summed E-state index contributed by atoms with van der Waals surface area (Å²) in [6, 6.07) is 3.03. The van der Waals surface area contributed by atoms with Crippen LogP contribution in [-0.2, 0) is 18.0 Å². The number of hydrogen-bond acceptors (Lipinski definition) is 5. The number of alkyl halides is 4. The van der Waals surface area contributed by atoms with E-state index in [0.29, 0.717) is 17.5 Å². The minimum atomic E-state index is -4.51. The van der Waals surface area contributed by atoms with Gasteiger partial charge in [0.25, 0.3) is 0 Å². The third kappa shape index (κ3) is 5.12. The summed E-state index contributed by atoms with van der Waals surface area (Å²) >= 11 is 1.47. The molecular weight excluding hydrogens is 583 g/mol. The first kappa shape index (κ1) is 24.8. The number of ether oxygens (including phenoxy) is 1. The number of hydrogen-bond donors (Lipinski definition) is 0. The van der Waals surface area contributed by atoms with E-state index in [2.05, 4.69) is 17.9 Å². The zero-order valence-corrected chi connectivity index (χ0v) is 21.9. The van der Waals surface area contributed by atoms with Crippen LogP contribution < -0.4 is 21.5 Å². The predicted octanol–water partition coefficient (Wildman–Crippen LogP) is 1.99. The minimum absolute atomic E-state index is 0.0733. The van der Waals surface area contributed by atoms with Crippen molar-refractivity contribution in [2.45, 2.75) is 58.7 Å². The van der Waals surface area contributed by atoms with Crippen molar-refractivity contribution in [3.8, 4) is 0 Å². The molecule has 2 aliphatic heterocycles. The van der Waals surface area contributed by atoms with Crippen molar-refractivity contribution in [2.24, 2.45) is 7.05 Å². The van der Waals surface area contributed by atoms with Crippen molar-refractivity contribution in [1.82, 2.24) is 17.9 Å². The second-order valence-electron chi connectivity index (χ2n) is 9.26. The Hall–Kier alpha value is -0.920. The second-order valence-corrected chi connectivity index (χ2v) is 14.3. The summed E-state index contributed by atoms with van der Waals surface area (Å²) < 4.78 is 63.2. The van der Waals surface area contributed by atoms with Gasteiger partial charge >= 0.3 is 212 Å². The molecule has 1 aromatic carbocycles. The fraction of sp³-hybridized carbons (Fsp3) is 0.652. The first-order chi connectivity index (χ1) is 16.3. The summed E-state index contributed by atoms with van der Waals surface area (Å²) in [4.78, 5) is 0. The van der Waals surface area contributed by atoms with Gasteiger partial charge in [-0.05, 0) is 0 Å². The summed E-state index contributed by atoms with van der Waals surface area (Å²) in [5, 5.41) is 9.77. The first-order valence-corrected chi connectivity index (χ1v) is 14.7. The van der Waals surface area contributed by atoms with E-state index >= 15 is 0 Å². The van der Waals surface area contributed by atoms with Crippen LogP contribution in [0.15, 0.2) is 23.4 Å². The number of aromatic nitrogens is 3. The molecule has 1 aliphatic carbocycles. The van der Waals surface area contributed by atoms with E-state index in [-0.39, 0.29) is 30.8 Å². The Kier molecular flexibility index (Phi) is 7.18. The number of halogens is 5. The molecule has 11 heteroatoms. The molecule has 188 valence electrons. The summed E-state index contributed by atoms with van der Waals surface area (Å²) in [7, 11) is 2.04. The summed E-state index contributed by atoms with van der Waals surface area (Å²) in [6.07, 6.45) is 0.452. The van der Waals surface area contributed by atoms with Crippen LogP contribution in [-0.4, -0.2) is 53.4 Å². The molecule has 0 radical (unpaired) electrons. The maximum atomic E-state index is 14.4. The molecule has 3 fully saturated rings. The molecule has 1 aromatic heterocycles. The Morgan fingerprint density at radius 1 is 1.24 bits per heavy atom. The van der Waals surface area contributed by atoms with Crippen LogP contribution in [0, 0.1) is 5.82 Å². The fourth-order valence-electron chi connectivity index (χ4n) is 4.97. The molecule has 2 atom stereocenters. The molecule has 2 unspecified atom stereocenters. The van der Waals surface area contributed by atoms with Crippen LogP contribution in [0.5, 0.6) is 0 Å². The second kappa shape index (κ2) is 9.85. The van der Waals surface area contributed by atoms with Crippen molar-refractivity contribution in [1.29, 1.82) is 0 Å². The van der Waals surface area contributed by atoms with Gasteiger partial charge in [0.15, 0.2) is 0 Å². The Bertz CT molecular complexity index is 1030. The van der Waals surface area contributed by atoms with Crippen LogP contribution in [0.3, 0.4) is 0 Å². The molecule has 2 aromatic rings. The molecular formula is C23H28F4IN4OS-. The first-order valence-electron chi connectivity index (χ1n) is 11.6. The zero-order chi connectivity index (χ0) is 23.9. The summed E-state index contributed by atoms with van der Waals surface area (Å²) in [6.45, 7) is 3.59. The van der Waals surface area contributed by atoms with E-state index in [1.54, 1.807) is 11.8 Å². The van der Waals surface area contributed by atoms with Crippen LogP contribution >= 0.6 is 11.8 Å². The molecule has 0 N–H and O–H groups in total. The van der Waals surface area contributed by atoms with Gasteiger partial charge in [0.1, 0.15) is 0 Å². The van der Waals surface area contributed by atoms with Gasteiger partial charge < -0.3 is 0 Å². The zero-order valence-electron chi connectivity index (χ0n) is 19.0. The molecule has 5 rings (SSSR count). The van der Waals surface area contributed by atoms with E-state index in [1.165, 1.54) is 6.07 Å². The van der Waals surface area contributed by atoms with Gasteiger partial charge in [-0.25, -0.2) is 0 Å². The standard InChI is InChI=1S/C23H28F4IN4OS/c1-31-20(15-5-10-33-11-6-15)29-30-21(31)34-12-2-8-32-9-7-22(28-32)14-18(22)17-4-3-16(13-19(17)24)23(25,26)27/h3-4,13,15,18H,2,5-12,14H2,1H3/q-1. The molecule has 1 spiro atoms. The Labute approximate surface area is 211 Å². The molecule has 3 aliphatic rings. The van der Waals surface area contributed by atoms with Gasteiger partial charge in [-0.2, -0.15) is 0 Å². The molecule has 3 heterocycles. The Balaban J connectivity index is 1.09. The van der Waals surface area contributed by atoms with Gasteiger partial charge in [0, 0.05) is 0 Å². The van der Waals surface area contributed by atoms with E-state index in [0.717, 1.165) is 81.2 Å². The van der Waals surface area contributed by atoms with Gasteiger partial charge in [-0.1, -0.05) is 0 Å². The number of benzene rings is 1. The van der Waals surface area contributed by atoms with Crippen LogP contribution in [0.25, 0.3) is 0 Å². The Morgan fingerprint density at radius 3 is 2.76 bits per heavy atom. The van der Waals surface area contributed by atoms with Crippen molar-refractivity contribution in [3.05, 3.63) is 41.0 Å². The van der Waals surface area contributed by atoms with Gasteiger partial charge in [0.05, 0.1) is 0 Å². The molecule has 1 saturated carbocycles. The van der Waals surface area contributed by atoms with Gasteiger partial charge in [0.2, 0.25) is 0 Å². The van der Waals surface area contributed by atoms with Crippen LogP contribution in [0.4, 0.5) is 17.6 Å². The third-order valence-electron chi connectivity index (χ3n) is 7.00. The average molecular weight is 611 g/mol. The molecule has 34 heavy (non-hydrogen) atoms. The van der Waals surface area contributed by atoms with Crippen LogP contribution in [0.1, 0.15) is 60.9 Å². The predicted molar refractivity (Wildman–Crippen MR) is 117 cm³/mol. The topological polar surface area (TPSA) is 43.2 Å². The average Bonchev–Trinajstić information content (AvgIpc) is 3.14. The van der Waals surface area contributed by atoms with Crippen molar-refractivity contribution in [2.75, 3.05) is 32.1 Å². The maximum absolute atomic E-state index is 14.4. The molecule has 0 bridgehead atoms. The van der Waals surface area contributed by atoms with Crippen molar-refractivity contribution in [3.63, 3.8) is 0 Å². The molecule has 0 amide bonds. The van der Waals surface area contributed by atoms with E-state index in [4.69, 9.17) is 4.74 Å². The van der Waals surface area contributed by atoms with Gasteiger partial charge in [-0.15, -0.1) is 0 Å². The fourth-order valence-corrected chi connectivity index (χ4v) is 10.0. The summed E-state index contributed by atoms with van der Waals surface area (Å²) in [5.74, 6) is 1.80. The quantitative estimate of drug-likeness (QED) is 0.120. The van der Waals surface area contributed by atoms with E-state index < -0.39 is 17.6 Å². The molecule has 2 saturated heterocycles. The molecule has 5 nitrogen and oxygen atoms in total. The monoisotopic (exact) mass is 611 g/mol. The third-order valence-corrected chi connectivity index (χ3v) is 12.4. The van der Waals surface area contributed by atoms with Crippen molar-refractivity contribution < 1.29 is 43.8 Å². The van der Waals surface area contributed by atoms with E-state index in [9.17, 15) is 17.6 Å². The SMILES string of the molecule is Cn1c(SCCCN2CCC3(CC3c3ccc(C(F)(F)F)cc3F)[I-]2)nnc1C1CCOCC1. The Morgan fingerprint density at radius 2 is 2.03 bits per heavy atom. The van der Waals surface area contributed by atoms with Crippen molar-refractivity contribution >= 4 is 11.8 Å². The number of thioether (sulfide) groups is 1. The number of rotatable bonds is 7.